The molecule has 65 valence electrons. The van der Waals surface area contributed by atoms with E-state index >= 15 is 0 Å². The fourth-order valence-electron chi connectivity index (χ4n) is 0.813. The smallest absolute Gasteiger partial charge is 0.325 e. The van der Waals surface area contributed by atoms with E-state index in [1.165, 1.54) is 0 Å². The number of rotatable bonds is 2. The standard InChI is InChI=1S/C8H8ClNO2.Na/c9-6-3-1-5(2-4-6)7(10)8(11)12;/h1-4,7H,10H2,(H,11,12);/t7-;/m0./s1. The number of nitrogens with two attached hydrogens (primary N) is 1. The van der Waals surface area contributed by atoms with Crippen LogP contribution in [0.3, 0.4) is 0 Å². The summed E-state index contributed by atoms with van der Waals surface area (Å²) in [5.41, 5.74) is 5.89. The van der Waals surface area contributed by atoms with Gasteiger partial charge in [-0.1, -0.05) is 23.7 Å². The Morgan fingerprint density at radius 3 is 2.23 bits per heavy atom. The van der Waals surface area contributed by atoms with Gasteiger partial charge in [0.15, 0.2) is 0 Å². The van der Waals surface area contributed by atoms with E-state index in [2.05, 4.69) is 0 Å². The number of hydrogen-bond acceptors (Lipinski definition) is 2. The van der Waals surface area contributed by atoms with Crippen molar-refractivity contribution in [2.24, 2.45) is 5.73 Å². The first kappa shape index (κ1) is 12.9. The first-order chi connectivity index (χ1) is 5.61. The predicted molar refractivity (Wildman–Crippen MR) is 51.8 cm³/mol. The Morgan fingerprint density at radius 2 is 1.85 bits per heavy atom. The average Bonchev–Trinajstić information content (AvgIpc) is 2.04. The molecule has 1 aromatic rings. The van der Waals surface area contributed by atoms with E-state index in [0.29, 0.717) is 10.6 Å². The van der Waals surface area contributed by atoms with Crippen molar-refractivity contribution in [3.63, 3.8) is 0 Å². The van der Waals surface area contributed by atoms with Crippen LogP contribution in [0.4, 0.5) is 0 Å². The summed E-state index contributed by atoms with van der Waals surface area (Å²) in [6, 6.07) is 5.45. The largest absolute Gasteiger partial charge is 0.480 e. The molecule has 0 heterocycles. The predicted octanol–water partition coefficient (Wildman–Crippen LogP) is 1.04. The summed E-state index contributed by atoms with van der Waals surface area (Å²) in [5.74, 6) is -1.04. The van der Waals surface area contributed by atoms with Crippen LogP contribution in [0.5, 0.6) is 0 Å². The Labute approximate surface area is 103 Å². The molecule has 0 aliphatic heterocycles. The van der Waals surface area contributed by atoms with Gasteiger partial charge in [-0.2, -0.15) is 0 Å². The van der Waals surface area contributed by atoms with Crippen LogP contribution in [-0.4, -0.2) is 40.6 Å². The van der Waals surface area contributed by atoms with Crippen LogP contribution in [-0.2, 0) is 4.79 Å². The maximum Gasteiger partial charge on any atom is 0.325 e. The van der Waals surface area contributed by atoms with E-state index in [9.17, 15) is 4.79 Å². The van der Waals surface area contributed by atoms with Gasteiger partial charge in [-0.05, 0) is 17.7 Å². The molecule has 0 unspecified atom stereocenters. The fraction of sp³-hybridized carbons (Fsp3) is 0.125. The maximum atomic E-state index is 10.4. The summed E-state index contributed by atoms with van der Waals surface area (Å²) < 4.78 is 0. The molecule has 3 N–H and O–H groups in total. The average molecular weight is 209 g/mol. The first-order valence-corrected chi connectivity index (χ1v) is 3.73. The van der Waals surface area contributed by atoms with Crippen LogP contribution in [0.1, 0.15) is 11.6 Å². The van der Waals surface area contributed by atoms with Gasteiger partial charge in [0.25, 0.3) is 0 Å². The van der Waals surface area contributed by atoms with Crippen molar-refractivity contribution >= 4 is 47.1 Å². The van der Waals surface area contributed by atoms with Gasteiger partial charge in [0.05, 0.1) is 0 Å². The Hall–Kier alpha value is -0.0600. The van der Waals surface area contributed by atoms with E-state index in [4.69, 9.17) is 22.4 Å². The molecule has 13 heavy (non-hydrogen) atoms. The van der Waals surface area contributed by atoms with Crippen LogP contribution in [0.2, 0.25) is 5.02 Å². The molecule has 0 bridgehead atoms. The molecule has 0 spiro atoms. The van der Waals surface area contributed by atoms with Gasteiger partial charge >= 0.3 is 5.97 Å². The van der Waals surface area contributed by atoms with Gasteiger partial charge in [0.1, 0.15) is 6.04 Å². The van der Waals surface area contributed by atoms with Crippen molar-refractivity contribution in [2.75, 3.05) is 0 Å². The molecular formula is C8H8ClNNaO2. The zero-order valence-electron chi connectivity index (χ0n) is 7.20. The first-order valence-electron chi connectivity index (χ1n) is 3.35. The Bertz CT molecular complexity index is 289. The normalized spacial score (nSPS) is 11.5. The molecule has 0 amide bonds. The Morgan fingerprint density at radius 1 is 1.38 bits per heavy atom. The number of carboxylic acid groups (broad SMARTS) is 1. The molecule has 1 rings (SSSR count). The molecule has 5 heteroatoms. The van der Waals surface area contributed by atoms with Crippen LogP contribution in [0, 0.1) is 0 Å². The minimum absolute atomic E-state index is 0. The molecule has 0 saturated heterocycles. The summed E-state index contributed by atoms with van der Waals surface area (Å²) >= 11 is 5.61. The summed E-state index contributed by atoms with van der Waals surface area (Å²) in [7, 11) is 0. The minimum Gasteiger partial charge on any atom is -0.480 e. The number of hydrogen-bond donors (Lipinski definition) is 2. The third-order valence-corrected chi connectivity index (χ3v) is 1.75. The second-order valence-corrected chi connectivity index (χ2v) is 2.80. The van der Waals surface area contributed by atoms with Crippen LogP contribution >= 0.6 is 11.6 Å². The Kier molecular flexibility index (Phi) is 5.60. The van der Waals surface area contributed by atoms with E-state index in [0.717, 1.165) is 0 Å². The maximum absolute atomic E-state index is 10.4. The zero-order chi connectivity index (χ0) is 9.14. The molecule has 0 aromatic heterocycles. The molecule has 0 aliphatic carbocycles. The van der Waals surface area contributed by atoms with E-state index in [1.54, 1.807) is 24.3 Å². The topological polar surface area (TPSA) is 63.3 Å². The Balaban J connectivity index is 0.00000144. The minimum atomic E-state index is -1.04. The molecule has 1 aromatic carbocycles. The van der Waals surface area contributed by atoms with E-state index in [1.807, 2.05) is 0 Å². The summed E-state index contributed by atoms with van der Waals surface area (Å²) in [6.45, 7) is 0. The number of halogens is 1. The fourth-order valence-corrected chi connectivity index (χ4v) is 0.939. The van der Waals surface area contributed by atoms with Crippen molar-refractivity contribution in [3.05, 3.63) is 34.9 Å². The number of carboxylic acids is 1. The molecule has 1 radical (unpaired) electrons. The number of carbonyl (C=O) groups is 1. The van der Waals surface area contributed by atoms with Crippen LogP contribution < -0.4 is 5.73 Å². The van der Waals surface area contributed by atoms with Gasteiger partial charge in [-0.25, -0.2) is 0 Å². The third kappa shape index (κ3) is 3.67. The SMILES string of the molecule is N[C@H](C(=O)O)c1ccc(Cl)cc1.[Na]. The third-order valence-electron chi connectivity index (χ3n) is 1.50. The van der Waals surface area contributed by atoms with Crippen molar-refractivity contribution in [2.45, 2.75) is 6.04 Å². The molecule has 3 nitrogen and oxygen atoms in total. The van der Waals surface area contributed by atoms with Crippen molar-refractivity contribution in [1.29, 1.82) is 0 Å². The number of benzene rings is 1. The van der Waals surface area contributed by atoms with E-state index < -0.39 is 12.0 Å². The molecular weight excluding hydrogens is 201 g/mol. The second-order valence-electron chi connectivity index (χ2n) is 2.37. The molecule has 0 fully saturated rings. The van der Waals surface area contributed by atoms with Crippen molar-refractivity contribution in [1.82, 2.24) is 0 Å². The van der Waals surface area contributed by atoms with Gasteiger partial charge in [-0.15, -0.1) is 0 Å². The molecule has 0 aliphatic rings. The van der Waals surface area contributed by atoms with Gasteiger partial charge in [0.2, 0.25) is 0 Å². The van der Waals surface area contributed by atoms with Crippen LogP contribution in [0.25, 0.3) is 0 Å². The summed E-state index contributed by atoms with van der Waals surface area (Å²) in [5, 5.41) is 9.11. The van der Waals surface area contributed by atoms with Gasteiger partial charge in [-0.3, -0.25) is 4.79 Å². The van der Waals surface area contributed by atoms with Crippen molar-refractivity contribution < 1.29 is 9.90 Å². The quantitative estimate of drug-likeness (QED) is 0.714. The van der Waals surface area contributed by atoms with Gasteiger partial charge in [0, 0.05) is 34.6 Å². The van der Waals surface area contributed by atoms with Crippen molar-refractivity contribution in [3.8, 4) is 0 Å². The molecule has 1 atom stereocenters. The second kappa shape index (κ2) is 5.62. The summed E-state index contributed by atoms with van der Waals surface area (Å²) in [4.78, 5) is 10.4. The zero-order valence-corrected chi connectivity index (χ0v) is 9.95. The van der Waals surface area contributed by atoms with E-state index in [-0.39, 0.29) is 29.6 Å². The molecule has 0 saturated carbocycles. The van der Waals surface area contributed by atoms with Crippen LogP contribution in [0.15, 0.2) is 24.3 Å². The monoisotopic (exact) mass is 208 g/mol. The summed E-state index contributed by atoms with van der Waals surface area (Å²) in [6.07, 6.45) is 0. The van der Waals surface area contributed by atoms with Gasteiger partial charge < -0.3 is 10.8 Å². The number of aliphatic carboxylic acids is 1.